The lowest BCUT2D eigenvalue weighted by Crippen LogP contribution is -2.46. The molecule has 3 rings (SSSR count). The molecule has 0 spiro atoms. The fourth-order valence-corrected chi connectivity index (χ4v) is 3.53. The first kappa shape index (κ1) is 21.6. The van der Waals surface area contributed by atoms with Gasteiger partial charge in [0.05, 0.1) is 23.3 Å². The third kappa shape index (κ3) is 4.88. The van der Waals surface area contributed by atoms with Gasteiger partial charge < -0.3 is 20.1 Å². The zero-order valence-corrected chi connectivity index (χ0v) is 18.0. The molecule has 3 amide bonds. The second-order valence-electron chi connectivity index (χ2n) is 7.26. The number of hydrogen-bond donors (Lipinski definition) is 3. The van der Waals surface area contributed by atoms with E-state index in [0.717, 1.165) is 49.8 Å². The van der Waals surface area contributed by atoms with Crippen molar-refractivity contribution in [3.05, 3.63) is 35.4 Å². The Bertz CT molecular complexity index is 902. The number of carbonyl (C=O) groups is 2. The maximum Gasteiger partial charge on any atom is 0.321 e. The van der Waals surface area contributed by atoms with Gasteiger partial charge >= 0.3 is 6.03 Å². The van der Waals surface area contributed by atoms with Crippen molar-refractivity contribution < 1.29 is 9.59 Å². The number of nitrogens with one attached hydrogen (secondary N) is 3. The van der Waals surface area contributed by atoms with Crippen molar-refractivity contribution in [3.8, 4) is 0 Å². The van der Waals surface area contributed by atoms with Crippen LogP contribution in [0.3, 0.4) is 0 Å². The second-order valence-corrected chi connectivity index (χ2v) is 7.26. The summed E-state index contributed by atoms with van der Waals surface area (Å²) in [6, 6.07) is 3.49. The summed E-state index contributed by atoms with van der Waals surface area (Å²) in [5.74, 6) is 0.360. The van der Waals surface area contributed by atoms with Gasteiger partial charge in [0.2, 0.25) is 5.95 Å². The summed E-state index contributed by atoms with van der Waals surface area (Å²) in [7, 11) is 3.51. The van der Waals surface area contributed by atoms with Crippen LogP contribution in [0.1, 0.15) is 28.8 Å². The van der Waals surface area contributed by atoms with E-state index in [9.17, 15) is 9.59 Å². The molecule has 3 heterocycles. The van der Waals surface area contributed by atoms with Gasteiger partial charge in [0.1, 0.15) is 5.69 Å². The Kier molecular flexibility index (Phi) is 6.88. The molecule has 3 N–H and O–H groups in total. The Labute approximate surface area is 176 Å². The fourth-order valence-electron chi connectivity index (χ4n) is 3.53. The standard InChI is InChI=1S/C20H30N8O2/c1-5-22-20(30)25-19-23-12-15(26(19)4)13-27-8-10-28(11-9-27)17-7-6-16(18(29)21-3)24-14(17)2/h6-7,12H,5,8-11,13H2,1-4H3,(H,21,29)(H2,22,23,25,30). The number of pyridine rings is 1. The SMILES string of the molecule is CCNC(=O)Nc1ncc(CN2CCN(c3ccc(C(=O)NC)nc3C)CC2)n1C. The summed E-state index contributed by atoms with van der Waals surface area (Å²) in [4.78, 5) is 36.9. The Morgan fingerprint density at radius 1 is 1.17 bits per heavy atom. The molecule has 0 aliphatic carbocycles. The van der Waals surface area contributed by atoms with E-state index in [1.54, 1.807) is 19.3 Å². The lowest BCUT2D eigenvalue weighted by molar-refractivity contribution is 0.0958. The number of carbonyl (C=O) groups excluding carboxylic acids is 2. The maximum atomic E-state index is 11.8. The van der Waals surface area contributed by atoms with Gasteiger partial charge in [0.25, 0.3) is 5.91 Å². The minimum absolute atomic E-state index is 0.174. The molecule has 0 unspecified atom stereocenters. The van der Waals surface area contributed by atoms with Gasteiger partial charge in [0.15, 0.2) is 0 Å². The van der Waals surface area contributed by atoms with Crippen molar-refractivity contribution in [1.82, 2.24) is 30.1 Å². The molecule has 1 aliphatic rings. The molecular formula is C20H30N8O2. The first-order chi connectivity index (χ1) is 14.4. The molecule has 1 aliphatic heterocycles. The summed E-state index contributed by atoms with van der Waals surface area (Å²) >= 11 is 0. The number of aryl methyl sites for hydroxylation is 1. The molecule has 0 atom stereocenters. The van der Waals surface area contributed by atoms with Crippen LogP contribution in [0.25, 0.3) is 0 Å². The number of rotatable bonds is 6. The lowest BCUT2D eigenvalue weighted by Gasteiger charge is -2.36. The minimum atomic E-state index is -0.252. The third-order valence-corrected chi connectivity index (χ3v) is 5.26. The third-order valence-electron chi connectivity index (χ3n) is 5.26. The molecule has 0 bridgehead atoms. The number of urea groups is 1. The highest BCUT2D eigenvalue weighted by molar-refractivity contribution is 5.92. The number of aromatic nitrogens is 3. The van der Waals surface area contributed by atoms with Crippen molar-refractivity contribution in [2.45, 2.75) is 20.4 Å². The van der Waals surface area contributed by atoms with Crippen LogP contribution < -0.4 is 20.9 Å². The van der Waals surface area contributed by atoms with Gasteiger partial charge in [-0.2, -0.15) is 0 Å². The van der Waals surface area contributed by atoms with Crippen LogP contribution in [0.5, 0.6) is 0 Å². The zero-order valence-electron chi connectivity index (χ0n) is 18.0. The number of hydrogen-bond acceptors (Lipinski definition) is 6. The molecule has 162 valence electrons. The number of anilines is 2. The number of nitrogens with zero attached hydrogens (tertiary/aromatic N) is 5. The van der Waals surface area contributed by atoms with Gasteiger partial charge in [-0.1, -0.05) is 0 Å². The van der Waals surface area contributed by atoms with Gasteiger partial charge in [0, 0.05) is 53.4 Å². The van der Waals surface area contributed by atoms with Crippen LogP contribution in [0.15, 0.2) is 18.3 Å². The monoisotopic (exact) mass is 414 g/mol. The van der Waals surface area contributed by atoms with E-state index < -0.39 is 0 Å². The molecular weight excluding hydrogens is 384 g/mol. The number of amides is 3. The first-order valence-corrected chi connectivity index (χ1v) is 10.2. The quantitative estimate of drug-likeness (QED) is 0.650. The van der Waals surface area contributed by atoms with Gasteiger partial charge in [-0.25, -0.2) is 14.8 Å². The fraction of sp³-hybridized carbons (Fsp3) is 0.500. The number of piperazine rings is 1. The predicted octanol–water partition coefficient (Wildman–Crippen LogP) is 0.947. The summed E-state index contributed by atoms with van der Waals surface area (Å²) < 4.78 is 1.91. The van der Waals surface area contributed by atoms with E-state index in [1.807, 2.05) is 31.5 Å². The normalized spacial score (nSPS) is 14.5. The predicted molar refractivity (Wildman–Crippen MR) is 116 cm³/mol. The van der Waals surface area contributed by atoms with Crippen LogP contribution in [-0.2, 0) is 13.6 Å². The van der Waals surface area contributed by atoms with Crippen molar-refractivity contribution >= 4 is 23.6 Å². The molecule has 10 nitrogen and oxygen atoms in total. The molecule has 0 aromatic carbocycles. The molecule has 0 radical (unpaired) electrons. The van der Waals surface area contributed by atoms with Crippen molar-refractivity contribution in [2.24, 2.45) is 7.05 Å². The number of imidazole rings is 1. The van der Waals surface area contributed by atoms with Gasteiger partial charge in [-0.15, -0.1) is 0 Å². The van der Waals surface area contributed by atoms with Crippen LogP contribution in [0.2, 0.25) is 0 Å². The Balaban J connectivity index is 1.57. The lowest BCUT2D eigenvalue weighted by atomic mass is 10.2. The van der Waals surface area contributed by atoms with Gasteiger partial charge in [-0.3, -0.25) is 15.0 Å². The largest absolute Gasteiger partial charge is 0.368 e. The van der Waals surface area contributed by atoms with Crippen molar-refractivity contribution in [3.63, 3.8) is 0 Å². The van der Waals surface area contributed by atoms with Crippen LogP contribution in [-0.4, -0.2) is 71.1 Å². The molecule has 30 heavy (non-hydrogen) atoms. The molecule has 1 fully saturated rings. The van der Waals surface area contributed by atoms with E-state index in [0.29, 0.717) is 18.2 Å². The highest BCUT2D eigenvalue weighted by Gasteiger charge is 2.21. The first-order valence-electron chi connectivity index (χ1n) is 10.2. The topological polar surface area (TPSA) is 107 Å². The van der Waals surface area contributed by atoms with E-state index >= 15 is 0 Å². The smallest absolute Gasteiger partial charge is 0.321 e. The molecule has 10 heteroatoms. The average molecular weight is 415 g/mol. The highest BCUT2D eigenvalue weighted by atomic mass is 16.2. The summed E-state index contributed by atoms with van der Waals surface area (Å²) in [5.41, 5.74) is 3.40. The van der Waals surface area contributed by atoms with Gasteiger partial charge in [-0.05, 0) is 26.0 Å². The molecule has 2 aromatic heterocycles. The average Bonchev–Trinajstić information content (AvgIpc) is 3.07. The highest BCUT2D eigenvalue weighted by Crippen LogP contribution is 2.21. The molecule has 2 aromatic rings. The van der Waals surface area contributed by atoms with Crippen LogP contribution in [0.4, 0.5) is 16.4 Å². The Morgan fingerprint density at radius 2 is 1.90 bits per heavy atom. The molecule has 1 saturated heterocycles. The Morgan fingerprint density at radius 3 is 2.53 bits per heavy atom. The van der Waals surface area contributed by atoms with Crippen LogP contribution >= 0.6 is 0 Å². The Hall–Kier alpha value is -3.14. The van der Waals surface area contributed by atoms with Crippen molar-refractivity contribution in [2.75, 3.05) is 50.0 Å². The summed E-state index contributed by atoms with van der Waals surface area (Å²) in [6.07, 6.45) is 1.81. The van der Waals surface area contributed by atoms with E-state index in [-0.39, 0.29) is 11.9 Å². The summed E-state index contributed by atoms with van der Waals surface area (Å²) in [5, 5.41) is 8.07. The summed E-state index contributed by atoms with van der Waals surface area (Å²) in [6.45, 7) is 8.71. The van der Waals surface area contributed by atoms with E-state index in [2.05, 4.69) is 35.7 Å². The van der Waals surface area contributed by atoms with Crippen LogP contribution in [0, 0.1) is 6.92 Å². The second kappa shape index (κ2) is 9.57. The van der Waals surface area contributed by atoms with Crippen molar-refractivity contribution in [1.29, 1.82) is 0 Å². The zero-order chi connectivity index (χ0) is 21.7. The van der Waals surface area contributed by atoms with E-state index in [1.165, 1.54) is 0 Å². The molecule has 0 saturated carbocycles. The van der Waals surface area contributed by atoms with E-state index in [4.69, 9.17) is 0 Å². The maximum absolute atomic E-state index is 11.8. The minimum Gasteiger partial charge on any atom is -0.368 e.